The molecule has 0 bridgehead atoms. The van der Waals surface area contributed by atoms with Gasteiger partial charge in [-0.15, -0.1) is 0 Å². The van der Waals surface area contributed by atoms with Crippen molar-refractivity contribution in [1.29, 1.82) is 0 Å². The molecule has 0 spiro atoms. The molecule has 1 aliphatic rings. The number of hydrogen-bond acceptors (Lipinski definition) is 4. The van der Waals surface area contributed by atoms with E-state index in [1.165, 1.54) is 6.42 Å². The summed E-state index contributed by atoms with van der Waals surface area (Å²) in [5.41, 5.74) is 2.10. The number of rotatable bonds is 10. The summed E-state index contributed by atoms with van der Waals surface area (Å²) in [6, 6.07) is 14.4. The lowest BCUT2D eigenvalue weighted by Crippen LogP contribution is -2.35. The normalized spacial score (nSPS) is 13.5. The quantitative estimate of drug-likeness (QED) is 0.561. The zero-order chi connectivity index (χ0) is 22.8. The van der Waals surface area contributed by atoms with Gasteiger partial charge in [-0.05, 0) is 67.6 Å². The summed E-state index contributed by atoms with van der Waals surface area (Å²) in [6.07, 6.45) is 4.48. The van der Waals surface area contributed by atoms with E-state index in [1.807, 2.05) is 36.1 Å². The van der Waals surface area contributed by atoms with Crippen molar-refractivity contribution in [3.8, 4) is 5.75 Å². The van der Waals surface area contributed by atoms with Crippen LogP contribution in [0.3, 0.4) is 0 Å². The minimum absolute atomic E-state index is 0.0505. The van der Waals surface area contributed by atoms with Crippen molar-refractivity contribution in [2.75, 3.05) is 19.7 Å². The molecular formula is C26H32N2O4. The van der Waals surface area contributed by atoms with E-state index in [9.17, 15) is 14.4 Å². The van der Waals surface area contributed by atoms with E-state index >= 15 is 0 Å². The van der Waals surface area contributed by atoms with Gasteiger partial charge in [-0.1, -0.05) is 19.1 Å². The number of carbonyl (C=O) groups excluding carboxylic acids is 3. The predicted molar refractivity (Wildman–Crippen MR) is 124 cm³/mol. The molecular weight excluding hydrogens is 404 g/mol. The second-order valence-electron chi connectivity index (χ2n) is 8.13. The Labute approximate surface area is 189 Å². The SMILES string of the molecule is CCCOc1ccc(C(=O)CCC(=O)NCc2cccc(C(=O)N3CCCCC3)c2)cc1. The van der Waals surface area contributed by atoms with Gasteiger partial charge in [0.05, 0.1) is 6.61 Å². The van der Waals surface area contributed by atoms with Gasteiger partial charge in [-0.3, -0.25) is 14.4 Å². The van der Waals surface area contributed by atoms with Gasteiger partial charge in [0.1, 0.15) is 5.75 Å². The molecule has 0 atom stereocenters. The average molecular weight is 437 g/mol. The predicted octanol–water partition coefficient (Wildman–Crippen LogP) is 4.38. The maximum Gasteiger partial charge on any atom is 0.253 e. The Bertz CT molecular complexity index is 918. The largest absolute Gasteiger partial charge is 0.494 e. The number of benzene rings is 2. The first-order chi connectivity index (χ1) is 15.6. The highest BCUT2D eigenvalue weighted by Crippen LogP contribution is 2.16. The lowest BCUT2D eigenvalue weighted by molar-refractivity contribution is -0.121. The van der Waals surface area contributed by atoms with Crippen LogP contribution in [0.4, 0.5) is 0 Å². The van der Waals surface area contributed by atoms with E-state index < -0.39 is 0 Å². The van der Waals surface area contributed by atoms with E-state index in [0.29, 0.717) is 24.3 Å². The van der Waals surface area contributed by atoms with Crippen LogP contribution in [0.5, 0.6) is 5.75 Å². The van der Waals surface area contributed by atoms with Crippen molar-refractivity contribution in [1.82, 2.24) is 10.2 Å². The fourth-order valence-corrected chi connectivity index (χ4v) is 3.71. The van der Waals surface area contributed by atoms with Gasteiger partial charge in [-0.25, -0.2) is 0 Å². The van der Waals surface area contributed by atoms with Crippen LogP contribution in [0.15, 0.2) is 48.5 Å². The summed E-state index contributed by atoms with van der Waals surface area (Å²) in [5, 5.41) is 2.85. The van der Waals surface area contributed by atoms with Crippen molar-refractivity contribution >= 4 is 17.6 Å². The minimum Gasteiger partial charge on any atom is -0.494 e. The summed E-state index contributed by atoms with van der Waals surface area (Å²) >= 11 is 0. The number of piperidine rings is 1. The maximum absolute atomic E-state index is 12.7. The van der Waals surface area contributed by atoms with E-state index in [1.54, 1.807) is 24.3 Å². The third-order valence-corrected chi connectivity index (χ3v) is 5.54. The Hall–Kier alpha value is -3.15. The molecule has 2 amide bonds. The third-order valence-electron chi connectivity index (χ3n) is 5.54. The smallest absolute Gasteiger partial charge is 0.253 e. The monoisotopic (exact) mass is 436 g/mol. The molecule has 1 saturated heterocycles. The van der Waals surface area contributed by atoms with Gasteiger partial charge in [0.25, 0.3) is 5.91 Å². The lowest BCUT2D eigenvalue weighted by Gasteiger charge is -2.26. The fourth-order valence-electron chi connectivity index (χ4n) is 3.71. The first kappa shape index (κ1) is 23.5. The standard InChI is InChI=1S/C26H32N2O4/c1-2-17-32-23-11-9-21(10-12-23)24(29)13-14-25(30)27-19-20-7-6-8-22(18-20)26(31)28-15-4-3-5-16-28/h6-12,18H,2-5,13-17,19H2,1H3,(H,27,30). The second kappa shape index (κ2) is 12.0. The molecule has 170 valence electrons. The molecule has 0 saturated carbocycles. The molecule has 2 aromatic carbocycles. The fraction of sp³-hybridized carbons (Fsp3) is 0.423. The van der Waals surface area contributed by atoms with E-state index in [4.69, 9.17) is 4.74 Å². The molecule has 6 nitrogen and oxygen atoms in total. The zero-order valence-corrected chi connectivity index (χ0v) is 18.8. The van der Waals surface area contributed by atoms with E-state index in [-0.39, 0.29) is 30.4 Å². The van der Waals surface area contributed by atoms with Crippen molar-refractivity contribution in [3.63, 3.8) is 0 Å². The van der Waals surface area contributed by atoms with Crippen LogP contribution in [0.2, 0.25) is 0 Å². The summed E-state index contributed by atoms with van der Waals surface area (Å²) in [4.78, 5) is 39.2. The number of ketones is 1. The van der Waals surface area contributed by atoms with Crippen LogP contribution in [0.25, 0.3) is 0 Å². The summed E-state index contributed by atoms with van der Waals surface area (Å²) in [5.74, 6) is 0.530. The van der Waals surface area contributed by atoms with Gasteiger partial charge in [-0.2, -0.15) is 0 Å². The molecule has 0 aromatic heterocycles. The number of nitrogens with zero attached hydrogens (tertiary/aromatic N) is 1. The molecule has 32 heavy (non-hydrogen) atoms. The summed E-state index contributed by atoms with van der Waals surface area (Å²) in [7, 11) is 0. The number of nitrogens with one attached hydrogen (secondary N) is 1. The molecule has 3 rings (SSSR count). The van der Waals surface area contributed by atoms with Crippen molar-refractivity contribution < 1.29 is 19.1 Å². The Morgan fingerprint density at radius 3 is 2.41 bits per heavy atom. The average Bonchev–Trinajstić information content (AvgIpc) is 2.85. The Morgan fingerprint density at radius 2 is 1.69 bits per heavy atom. The highest BCUT2D eigenvalue weighted by Gasteiger charge is 2.18. The van der Waals surface area contributed by atoms with Gasteiger partial charge >= 0.3 is 0 Å². The van der Waals surface area contributed by atoms with Crippen LogP contribution >= 0.6 is 0 Å². The van der Waals surface area contributed by atoms with Crippen LogP contribution in [-0.2, 0) is 11.3 Å². The Kier molecular flexibility index (Phi) is 8.84. The van der Waals surface area contributed by atoms with Crippen LogP contribution in [-0.4, -0.2) is 42.2 Å². The molecule has 2 aromatic rings. The molecule has 0 radical (unpaired) electrons. The summed E-state index contributed by atoms with van der Waals surface area (Å²) < 4.78 is 5.52. The molecule has 1 fully saturated rings. The third kappa shape index (κ3) is 6.94. The molecule has 0 unspecified atom stereocenters. The minimum atomic E-state index is -0.186. The summed E-state index contributed by atoms with van der Waals surface area (Å²) in [6.45, 7) is 4.62. The number of likely N-dealkylation sites (tertiary alicyclic amines) is 1. The number of amides is 2. The second-order valence-corrected chi connectivity index (χ2v) is 8.13. The topological polar surface area (TPSA) is 75.7 Å². The van der Waals surface area contributed by atoms with Crippen LogP contribution < -0.4 is 10.1 Å². The van der Waals surface area contributed by atoms with Gasteiger partial charge in [0.2, 0.25) is 5.91 Å². The van der Waals surface area contributed by atoms with Crippen LogP contribution in [0, 0.1) is 0 Å². The number of carbonyl (C=O) groups is 3. The molecule has 0 aliphatic carbocycles. The van der Waals surface area contributed by atoms with E-state index in [2.05, 4.69) is 5.32 Å². The van der Waals surface area contributed by atoms with Gasteiger partial charge < -0.3 is 15.0 Å². The molecule has 1 aliphatic heterocycles. The van der Waals surface area contributed by atoms with E-state index in [0.717, 1.165) is 43.7 Å². The molecule has 1 heterocycles. The highest BCUT2D eigenvalue weighted by molar-refractivity contribution is 5.98. The first-order valence-electron chi connectivity index (χ1n) is 11.5. The highest BCUT2D eigenvalue weighted by atomic mass is 16.5. The Morgan fingerprint density at radius 1 is 0.938 bits per heavy atom. The molecule has 6 heteroatoms. The number of ether oxygens (including phenoxy) is 1. The van der Waals surface area contributed by atoms with Gasteiger partial charge in [0.15, 0.2) is 5.78 Å². The van der Waals surface area contributed by atoms with Crippen molar-refractivity contribution in [3.05, 3.63) is 65.2 Å². The maximum atomic E-state index is 12.7. The number of Topliss-reactive ketones (excluding diaryl/α,β-unsaturated/α-hetero) is 1. The number of hydrogen-bond donors (Lipinski definition) is 1. The lowest BCUT2D eigenvalue weighted by atomic mass is 10.1. The molecule has 1 N–H and O–H groups in total. The Balaban J connectivity index is 1.44. The van der Waals surface area contributed by atoms with Crippen LogP contribution in [0.1, 0.15) is 71.7 Å². The van der Waals surface area contributed by atoms with Crippen molar-refractivity contribution in [2.45, 2.75) is 52.0 Å². The van der Waals surface area contributed by atoms with Gasteiger partial charge in [0, 0.05) is 43.6 Å². The zero-order valence-electron chi connectivity index (χ0n) is 18.8. The first-order valence-corrected chi connectivity index (χ1v) is 11.5. The van der Waals surface area contributed by atoms with Crippen molar-refractivity contribution in [2.24, 2.45) is 0 Å².